The third kappa shape index (κ3) is 5.57. The van der Waals surface area contributed by atoms with Gasteiger partial charge in [-0.2, -0.15) is 4.31 Å². The van der Waals surface area contributed by atoms with Gasteiger partial charge in [0.15, 0.2) is 0 Å². The van der Waals surface area contributed by atoms with E-state index >= 15 is 0 Å². The van der Waals surface area contributed by atoms with Gasteiger partial charge < -0.3 is 14.5 Å². The van der Waals surface area contributed by atoms with Crippen molar-refractivity contribution in [1.82, 2.24) is 14.1 Å². The highest BCUT2D eigenvalue weighted by atomic mass is 32.2. The summed E-state index contributed by atoms with van der Waals surface area (Å²) in [6, 6.07) is 4.88. The number of carbonyl (C=O) groups excluding carboxylic acids is 2. The van der Waals surface area contributed by atoms with Gasteiger partial charge in [-0.3, -0.25) is 4.79 Å². The number of piperidine rings is 1. The minimum absolute atomic E-state index is 0.205. The molecule has 1 aromatic carbocycles. The summed E-state index contributed by atoms with van der Waals surface area (Å²) in [5.74, 6) is 0.0501. The lowest BCUT2D eigenvalue weighted by Crippen LogP contribution is -2.50. The molecule has 0 spiro atoms. The van der Waals surface area contributed by atoms with E-state index in [1.165, 1.54) is 10.4 Å². The van der Waals surface area contributed by atoms with E-state index in [2.05, 4.69) is 0 Å². The van der Waals surface area contributed by atoms with Crippen molar-refractivity contribution in [2.45, 2.75) is 44.9 Å². The van der Waals surface area contributed by atoms with Crippen LogP contribution in [0.3, 0.4) is 0 Å². The van der Waals surface area contributed by atoms with E-state index in [1.807, 2.05) is 13.8 Å². The average Bonchev–Trinajstić information content (AvgIpc) is 2.78. The van der Waals surface area contributed by atoms with Crippen molar-refractivity contribution < 1.29 is 22.7 Å². The number of piperazine rings is 1. The molecule has 0 unspecified atom stereocenters. The molecule has 172 valence electrons. The number of nitrogens with zero attached hydrogens (tertiary/aromatic N) is 3. The predicted octanol–water partition coefficient (Wildman–Crippen LogP) is 2.72. The van der Waals surface area contributed by atoms with Gasteiger partial charge in [-0.05, 0) is 43.4 Å². The van der Waals surface area contributed by atoms with E-state index in [0.29, 0.717) is 57.0 Å². The van der Waals surface area contributed by atoms with Gasteiger partial charge in [-0.1, -0.05) is 26.3 Å². The van der Waals surface area contributed by atoms with E-state index in [1.54, 1.807) is 28.9 Å². The normalized spacial score (nSPS) is 18.3. The van der Waals surface area contributed by atoms with Crippen LogP contribution in [0.5, 0.6) is 0 Å². The number of benzene rings is 1. The molecular weight excluding hydrogens is 418 g/mol. The fourth-order valence-corrected chi connectivity index (χ4v) is 5.63. The minimum atomic E-state index is -3.62. The van der Waals surface area contributed by atoms with Crippen molar-refractivity contribution in [2.24, 2.45) is 5.92 Å². The first-order valence-corrected chi connectivity index (χ1v) is 12.5. The molecule has 2 amide bonds. The molecule has 0 aliphatic carbocycles. The molecule has 9 heteroatoms. The van der Waals surface area contributed by atoms with Gasteiger partial charge in [0.25, 0.3) is 5.91 Å². The topological polar surface area (TPSA) is 87.2 Å². The molecule has 0 saturated carbocycles. The third-order valence-corrected chi connectivity index (χ3v) is 7.77. The molecule has 2 aliphatic heterocycles. The van der Waals surface area contributed by atoms with Crippen LogP contribution in [0, 0.1) is 12.8 Å². The summed E-state index contributed by atoms with van der Waals surface area (Å²) < 4.78 is 33.0. The first-order chi connectivity index (χ1) is 14.7. The average molecular weight is 452 g/mol. The van der Waals surface area contributed by atoms with Crippen LogP contribution in [0.15, 0.2) is 23.1 Å². The monoisotopic (exact) mass is 451 g/mol. The molecule has 2 heterocycles. The number of ether oxygens (including phenoxy) is 1. The Kier molecular flexibility index (Phi) is 7.59. The number of hydrogen-bond acceptors (Lipinski definition) is 5. The number of hydrogen-bond donors (Lipinski definition) is 0. The zero-order chi connectivity index (χ0) is 22.6. The Morgan fingerprint density at radius 3 is 2.19 bits per heavy atom. The van der Waals surface area contributed by atoms with Crippen LogP contribution in [0.25, 0.3) is 0 Å². The first kappa shape index (κ1) is 23.5. The molecule has 3 rings (SSSR count). The summed E-state index contributed by atoms with van der Waals surface area (Å²) in [5.41, 5.74) is 0.997. The summed E-state index contributed by atoms with van der Waals surface area (Å²) in [5, 5.41) is 0. The smallest absolute Gasteiger partial charge is 0.409 e. The maximum absolute atomic E-state index is 13.1. The Morgan fingerprint density at radius 2 is 1.58 bits per heavy atom. The standard InChI is InChI=1S/C22H33N3O5S/c1-17(2)16-30-22(27)24-13-11-23(12-14-24)21(26)19-8-7-18(3)20(15-19)31(28,29)25-9-5-4-6-10-25/h7-8,15,17H,4-6,9-14,16H2,1-3H3. The first-order valence-electron chi connectivity index (χ1n) is 11.0. The van der Waals surface area contributed by atoms with Crippen LogP contribution in [0.2, 0.25) is 0 Å². The van der Waals surface area contributed by atoms with Crippen LogP contribution >= 0.6 is 0 Å². The molecule has 0 aromatic heterocycles. The second-order valence-electron chi connectivity index (χ2n) is 8.70. The van der Waals surface area contributed by atoms with Gasteiger partial charge in [-0.15, -0.1) is 0 Å². The molecule has 0 N–H and O–H groups in total. The van der Waals surface area contributed by atoms with Crippen molar-refractivity contribution in [3.8, 4) is 0 Å². The summed E-state index contributed by atoms with van der Waals surface area (Å²) in [4.78, 5) is 28.6. The number of rotatable bonds is 5. The van der Waals surface area contributed by atoms with E-state index in [9.17, 15) is 18.0 Å². The fourth-order valence-electron chi connectivity index (χ4n) is 3.86. The zero-order valence-corrected chi connectivity index (χ0v) is 19.5. The molecule has 1 aromatic rings. The largest absolute Gasteiger partial charge is 0.449 e. The highest BCUT2D eigenvalue weighted by molar-refractivity contribution is 7.89. The van der Waals surface area contributed by atoms with Crippen molar-refractivity contribution in [1.29, 1.82) is 0 Å². The molecule has 0 radical (unpaired) electrons. The second-order valence-corrected chi connectivity index (χ2v) is 10.6. The molecule has 0 bridgehead atoms. The van der Waals surface area contributed by atoms with Gasteiger partial charge in [0, 0.05) is 44.8 Å². The number of aryl methyl sites for hydroxylation is 1. The molecule has 2 aliphatic rings. The molecule has 31 heavy (non-hydrogen) atoms. The molecule has 2 fully saturated rings. The quantitative estimate of drug-likeness (QED) is 0.687. The number of amides is 2. The predicted molar refractivity (Wildman–Crippen MR) is 117 cm³/mol. The second kappa shape index (κ2) is 9.99. The molecular formula is C22H33N3O5S. The highest BCUT2D eigenvalue weighted by Crippen LogP contribution is 2.25. The van der Waals surface area contributed by atoms with Crippen LogP contribution in [0.4, 0.5) is 4.79 Å². The number of sulfonamides is 1. The van der Waals surface area contributed by atoms with Gasteiger partial charge in [0.05, 0.1) is 11.5 Å². The minimum Gasteiger partial charge on any atom is -0.449 e. The van der Waals surface area contributed by atoms with Crippen LogP contribution in [-0.2, 0) is 14.8 Å². The lowest BCUT2D eigenvalue weighted by Gasteiger charge is -2.34. The van der Waals surface area contributed by atoms with Gasteiger partial charge in [0.1, 0.15) is 0 Å². The van der Waals surface area contributed by atoms with Crippen LogP contribution in [-0.4, -0.2) is 80.4 Å². The Hall–Kier alpha value is -2.13. The zero-order valence-electron chi connectivity index (χ0n) is 18.7. The van der Waals surface area contributed by atoms with Gasteiger partial charge in [0.2, 0.25) is 10.0 Å². The lowest BCUT2D eigenvalue weighted by molar-refractivity contribution is 0.0535. The lowest BCUT2D eigenvalue weighted by atomic mass is 10.1. The molecule has 2 saturated heterocycles. The van der Waals surface area contributed by atoms with E-state index in [0.717, 1.165) is 19.3 Å². The Bertz CT molecular complexity index is 902. The van der Waals surface area contributed by atoms with Crippen molar-refractivity contribution in [3.63, 3.8) is 0 Å². The maximum Gasteiger partial charge on any atom is 0.409 e. The Balaban J connectivity index is 1.68. The highest BCUT2D eigenvalue weighted by Gasteiger charge is 2.30. The van der Waals surface area contributed by atoms with Crippen LogP contribution in [0.1, 0.15) is 49.0 Å². The van der Waals surface area contributed by atoms with Crippen molar-refractivity contribution in [3.05, 3.63) is 29.3 Å². The van der Waals surface area contributed by atoms with Crippen molar-refractivity contribution >= 4 is 22.0 Å². The summed E-state index contributed by atoms with van der Waals surface area (Å²) >= 11 is 0. The molecule has 8 nitrogen and oxygen atoms in total. The third-order valence-electron chi connectivity index (χ3n) is 5.73. The van der Waals surface area contributed by atoms with E-state index in [-0.39, 0.29) is 22.8 Å². The van der Waals surface area contributed by atoms with Crippen molar-refractivity contribution in [2.75, 3.05) is 45.9 Å². The molecule has 0 atom stereocenters. The number of carbonyl (C=O) groups is 2. The summed E-state index contributed by atoms with van der Waals surface area (Å²) in [6.45, 7) is 8.69. The Morgan fingerprint density at radius 1 is 0.968 bits per heavy atom. The maximum atomic E-state index is 13.1. The van der Waals surface area contributed by atoms with E-state index < -0.39 is 10.0 Å². The summed E-state index contributed by atoms with van der Waals surface area (Å²) in [6.07, 6.45) is 2.41. The SMILES string of the molecule is Cc1ccc(C(=O)N2CCN(C(=O)OCC(C)C)CC2)cc1S(=O)(=O)N1CCCCC1. The van der Waals surface area contributed by atoms with E-state index in [4.69, 9.17) is 4.74 Å². The van der Waals surface area contributed by atoms with Crippen LogP contribution < -0.4 is 0 Å². The van der Waals surface area contributed by atoms with Gasteiger partial charge >= 0.3 is 6.09 Å². The van der Waals surface area contributed by atoms with Gasteiger partial charge in [-0.25, -0.2) is 13.2 Å². The summed E-state index contributed by atoms with van der Waals surface area (Å²) in [7, 11) is -3.62. The Labute approximate surface area is 185 Å². The fraction of sp³-hybridized carbons (Fsp3) is 0.636.